The van der Waals surface area contributed by atoms with Crippen molar-refractivity contribution in [2.24, 2.45) is 5.92 Å². The normalized spacial score (nSPS) is 17.3. The van der Waals surface area contributed by atoms with E-state index in [4.69, 9.17) is 0 Å². The van der Waals surface area contributed by atoms with Gasteiger partial charge in [-0.1, -0.05) is 6.92 Å². The average molecular weight is 287 g/mol. The minimum atomic E-state index is -0.370. The van der Waals surface area contributed by atoms with Crippen molar-refractivity contribution in [3.05, 3.63) is 28.2 Å². The Balaban J connectivity index is 1.91. The topological polar surface area (TPSA) is 94.5 Å². The quantitative estimate of drug-likeness (QED) is 0.884. The first-order chi connectivity index (χ1) is 9.69. The Morgan fingerprint density at radius 2 is 2.50 bits per heavy atom. The highest BCUT2D eigenvalue weighted by Crippen LogP contribution is 2.39. The van der Waals surface area contributed by atoms with Gasteiger partial charge in [0, 0.05) is 4.88 Å². The number of aromatic nitrogens is 3. The van der Waals surface area contributed by atoms with Crippen LogP contribution in [0.5, 0.6) is 0 Å². The number of amides is 1. The Hall–Kier alpha value is -2.20. The molecule has 2 N–H and O–H groups in total. The third kappa shape index (κ3) is 2.18. The zero-order chi connectivity index (χ0) is 14.1. The second-order valence-electron chi connectivity index (χ2n) is 4.96. The fourth-order valence-electron chi connectivity index (χ4n) is 2.43. The standard InChI is InChI=1S/C13H13N5OS/c1-7-2-3-8-9(5-14)13(20-10(8)4-7)17-12(19)11-15-6-16-18-11/h6-7H,2-4H2,1H3,(H,17,19)(H,15,16,18)/t7-/m0/s1. The minimum Gasteiger partial charge on any atom is -0.310 e. The van der Waals surface area contributed by atoms with Crippen LogP contribution in [-0.2, 0) is 12.8 Å². The van der Waals surface area contributed by atoms with Crippen molar-refractivity contribution in [1.82, 2.24) is 15.2 Å². The van der Waals surface area contributed by atoms with Gasteiger partial charge in [-0.3, -0.25) is 9.89 Å². The molecule has 1 atom stereocenters. The molecule has 2 heterocycles. The van der Waals surface area contributed by atoms with Crippen molar-refractivity contribution in [3.8, 4) is 6.07 Å². The summed E-state index contributed by atoms with van der Waals surface area (Å²) in [6.07, 6.45) is 4.26. The van der Waals surface area contributed by atoms with Gasteiger partial charge in [0.15, 0.2) is 0 Å². The fraction of sp³-hybridized carbons (Fsp3) is 0.385. The molecule has 7 heteroatoms. The maximum absolute atomic E-state index is 12.0. The van der Waals surface area contributed by atoms with Crippen molar-refractivity contribution >= 4 is 22.2 Å². The van der Waals surface area contributed by atoms with E-state index in [9.17, 15) is 10.1 Å². The highest BCUT2D eigenvalue weighted by atomic mass is 32.1. The molecule has 0 unspecified atom stereocenters. The number of H-pyrrole nitrogens is 1. The van der Waals surface area contributed by atoms with E-state index >= 15 is 0 Å². The van der Waals surface area contributed by atoms with Gasteiger partial charge in [-0.05, 0) is 30.7 Å². The second kappa shape index (κ2) is 5.06. The van der Waals surface area contributed by atoms with Crippen molar-refractivity contribution in [3.63, 3.8) is 0 Å². The summed E-state index contributed by atoms with van der Waals surface area (Å²) >= 11 is 1.50. The molecule has 0 spiro atoms. The number of thiophene rings is 1. The van der Waals surface area contributed by atoms with E-state index in [1.165, 1.54) is 22.5 Å². The number of nitrogens with zero attached hydrogens (tertiary/aromatic N) is 3. The number of aromatic amines is 1. The summed E-state index contributed by atoms with van der Waals surface area (Å²) in [6, 6.07) is 2.22. The predicted molar refractivity (Wildman–Crippen MR) is 74.6 cm³/mol. The molecule has 0 aromatic carbocycles. The van der Waals surface area contributed by atoms with Gasteiger partial charge in [-0.15, -0.1) is 11.3 Å². The van der Waals surface area contributed by atoms with Crippen LogP contribution in [0.4, 0.5) is 5.00 Å². The highest BCUT2D eigenvalue weighted by Gasteiger charge is 2.25. The second-order valence-corrected chi connectivity index (χ2v) is 6.06. The van der Waals surface area contributed by atoms with Crippen molar-refractivity contribution in [2.45, 2.75) is 26.2 Å². The third-order valence-corrected chi connectivity index (χ3v) is 4.65. The van der Waals surface area contributed by atoms with Crippen molar-refractivity contribution < 1.29 is 4.79 Å². The number of anilines is 1. The first kappa shape index (κ1) is 12.8. The molecule has 0 saturated heterocycles. The number of hydrogen-bond acceptors (Lipinski definition) is 5. The maximum atomic E-state index is 12.0. The molecule has 2 aromatic heterocycles. The highest BCUT2D eigenvalue weighted by molar-refractivity contribution is 7.16. The van der Waals surface area contributed by atoms with Gasteiger partial charge in [-0.25, -0.2) is 4.98 Å². The number of hydrogen-bond donors (Lipinski definition) is 2. The monoisotopic (exact) mass is 287 g/mol. The molecule has 1 aliphatic rings. The average Bonchev–Trinajstić information content (AvgIpc) is 3.04. The summed E-state index contributed by atoms with van der Waals surface area (Å²) in [7, 11) is 0. The largest absolute Gasteiger partial charge is 0.310 e. The molecule has 0 fully saturated rings. The van der Waals surface area contributed by atoms with Gasteiger partial charge in [0.2, 0.25) is 5.82 Å². The van der Waals surface area contributed by atoms with Crippen LogP contribution >= 0.6 is 11.3 Å². The van der Waals surface area contributed by atoms with Crippen LogP contribution in [0.25, 0.3) is 0 Å². The van der Waals surface area contributed by atoms with Crippen LogP contribution in [0.1, 0.15) is 40.0 Å². The van der Waals surface area contributed by atoms with Gasteiger partial charge < -0.3 is 5.32 Å². The Morgan fingerprint density at radius 1 is 1.65 bits per heavy atom. The van der Waals surface area contributed by atoms with E-state index in [0.717, 1.165) is 24.8 Å². The van der Waals surface area contributed by atoms with Crippen LogP contribution in [0.2, 0.25) is 0 Å². The maximum Gasteiger partial charge on any atom is 0.293 e. The van der Waals surface area contributed by atoms with Gasteiger partial charge in [0.25, 0.3) is 5.91 Å². The van der Waals surface area contributed by atoms with Crippen molar-refractivity contribution in [2.75, 3.05) is 5.32 Å². The van der Waals surface area contributed by atoms with Gasteiger partial charge in [-0.2, -0.15) is 10.4 Å². The number of fused-ring (bicyclic) bond motifs is 1. The molecule has 0 radical (unpaired) electrons. The number of nitriles is 1. The lowest BCUT2D eigenvalue weighted by atomic mass is 9.89. The summed E-state index contributed by atoms with van der Waals surface area (Å²) in [4.78, 5) is 17.0. The van der Waals surface area contributed by atoms with E-state index in [2.05, 4.69) is 33.5 Å². The molecule has 1 amide bonds. The first-order valence-corrected chi connectivity index (χ1v) is 7.22. The predicted octanol–water partition coefficient (Wildman–Crippen LogP) is 2.11. The molecule has 6 nitrogen and oxygen atoms in total. The fourth-order valence-corrected chi connectivity index (χ4v) is 3.79. The Kier molecular flexibility index (Phi) is 3.24. The SMILES string of the molecule is C[C@H]1CCc2c(sc(NC(=O)c3ncn[nH]3)c2C#N)C1. The number of carbonyl (C=O) groups excluding carboxylic acids is 1. The van der Waals surface area contributed by atoms with Crippen LogP contribution in [-0.4, -0.2) is 21.1 Å². The summed E-state index contributed by atoms with van der Waals surface area (Å²) in [5.41, 5.74) is 1.70. The summed E-state index contributed by atoms with van der Waals surface area (Å²) in [5.74, 6) is 0.407. The number of rotatable bonds is 2. The van der Waals surface area contributed by atoms with E-state index in [1.807, 2.05) is 0 Å². The minimum absolute atomic E-state index is 0.147. The van der Waals surface area contributed by atoms with E-state index in [0.29, 0.717) is 16.5 Å². The van der Waals surface area contributed by atoms with Crippen LogP contribution in [0.15, 0.2) is 6.33 Å². The van der Waals surface area contributed by atoms with Crippen LogP contribution < -0.4 is 5.32 Å². The van der Waals surface area contributed by atoms with E-state index in [-0.39, 0.29) is 11.7 Å². The van der Waals surface area contributed by atoms with Crippen molar-refractivity contribution in [1.29, 1.82) is 5.26 Å². The number of carbonyl (C=O) groups is 1. The van der Waals surface area contributed by atoms with Crippen LogP contribution in [0.3, 0.4) is 0 Å². The molecule has 0 bridgehead atoms. The van der Waals surface area contributed by atoms with E-state index < -0.39 is 0 Å². The molecule has 3 rings (SSSR count). The Morgan fingerprint density at radius 3 is 3.20 bits per heavy atom. The lowest BCUT2D eigenvalue weighted by Crippen LogP contribution is -2.13. The molecule has 2 aromatic rings. The van der Waals surface area contributed by atoms with E-state index in [1.54, 1.807) is 0 Å². The third-order valence-electron chi connectivity index (χ3n) is 3.48. The van der Waals surface area contributed by atoms with Gasteiger partial charge >= 0.3 is 0 Å². The molecule has 0 saturated carbocycles. The molecule has 102 valence electrons. The molecule has 1 aliphatic carbocycles. The van der Waals surface area contributed by atoms with Gasteiger partial charge in [0.1, 0.15) is 17.4 Å². The Bertz CT molecular complexity index is 682. The molecule has 0 aliphatic heterocycles. The zero-order valence-electron chi connectivity index (χ0n) is 10.9. The summed E-state index contributed by atoms with van der Waals surface area (Å²) in [6.45, 7) is 2.21. The molecule has 20 heavy (non-hydrogen) atoms. The smallest absolute Gasteiger partial charge is 0.293 e. The molecular formula is C13H13N5OS. The van der Waals surface area contributed by atoms with Gasteiger partial charge in [0.05, 0.1) is 5.56 Å². The lowest BCUT2D eigenvalue weighted by Gasteiger charge is -2.17. The molecular weight excluding hydrogens is 274 g/mol. The summed E-state index contributed by atoms with van der Waals surface area (Å²) < 4.78 is 0. The zero-order valence-corrected chi connectivity index (χ0v) is 11.8. The first-order valence-electron chi connectivity index (χ1n) is 6.40. The Labute approximate surface area is 119 Å². The lowest BCUT2D eigenvalue weighted by molar-refractivity contribution is 0.101. The van der Waals surface area contributed by atoms with Crippen LogP contribution in [0, 0.1) is 17.2 Å². The number of nitrogens with one attached hydrogen (secondary N) is 2. The summed E-state index contributed by atoms with van der Waals surface area (Å²) in [5, 5.41) is 18.9.